The van der Waals surface area contributed by atoms with Crippen LogP contribution in [0.3, 0.4) is 0 Å². The molecule has 1 N–H and O–H groups in total. The summed E-state index contributed by atoms with van der Waals surface area (Å²) in [6, 6.07) is 17.1. The molecule has 0 unspecified atom stereocenters. The minimum absolute atomic E-state index is 0.000138. The number of likely N-dealkylation sites (tertiary alicyclic amines) is 2. The van der Waals surface area contributed by atoms with Gasteiger partial charge in [0, 0.05) is 54.6 Å². The van der Waals surface area contributed by atoms with Crippen LogP contribution in [-0.2, 0) is 20.9 Å². The van der Waals surface area contributed by atoms with Crippen LogP contribution >= 0.6 is 34.8 Å². The Bertz CT molecular complexity index is 1950. The first-order valence-corrected chi connectivity index (χ1v) is 20.1. The number of hydrogen-bond acceptors (Lipinski definition) is 6. The first kappa shape index (κ1) is 37.3. The fourth-order valence-electron chi connectivity index (χ4n) is 7.38. The molecule has 3 aromatic rings. The minimum atomic E-state index is -3.79. The standard InChI is InChI=1S/C37H42Cl3N5O5S/c1-5-50-31-23-30(40)32(51(4,48)49)22-29(31)33-42-36(2,24-8-12-26(38)13-9-24)37(3,25-10-14-27(39)15-11-25)45(33)35(47)44-20-16-28(17-21-44)41-34(46)43-18-6-7-19-43/h8-15,22-23,28H,5-7,16-21H2,1-4H3,(H,41,46)/t36-,37+/m0/s1. The van der Waals surface area contributed by atoms with E-state index in [-0.39, 0.29) is 46.2 Å². The third-order valence-electron chi connectivity index (χ3n) is 10.4. The van der Waals surface area contributed by atoms with Gasteiger partial charge in [0.1, 0.15) is 22.7 Å². The number of piperidine rings is 1. The largest absolute Gasteiger partial charge is 0.493 e. The Morgan fingerprint density at radius 2 is 1.45 bits per heavy atom. The number of ether oxygens (including phenoxy) is 1. The predicted molar refractivity (Wildman–Crippen MR) is 201 cm³/mol. The number of nitrogens with one attached hydrogen (secondary N) is 1. The highest BCUT2D eigenvalue weighted by Crippen LogP contribution is 2.54. The normalized spacial score (nSPS) is 22.6. The molecule has 10 nitrogen and oxygen atoms in total. The Labute approximate surface area is 314 Å². The van der Waals surface area contributed by atoms with Crippen LogP contribution in [0.5, 0.6) is 5.75 Å². The number of urea groups is 2. The van der Waals surface area contributed by atoms with Gasteiger partial charge in [0.25, 0.3) is 0 Å². The molecule has 3 aromatic carbocycles. The molecular formula is C37H42Cl3N5O5S. The van der Waals surface area contributed by atoms with E-state index >= 15 is 4.79 Å². The third-order valence-corrected chi connectivity index (χ3v) is 12.5. The van der Waals surface area contributed by atoms with E-state index < -0.39 is 20.9 Å². The van der Waals surface area contributed by atoms with Gasteiger partial charge in [0.15, 0.2) is 9.84 Å². The summed E-state index contributed by atoms with van der Waals surface area (Å²) in [5, 5.41) is 4.23. The van der Waals surface area contributed by atoms with E-state index in [1.54, 1.807) is 34.1 Å². The molecule has 2 saturated heterocycles. The van der Waals surface area contributed by atoms with Gasteiger partial charge in [-0.25, -0.2) is 18.0 Å². The lowest BCUT2D eigenvalue weighted by atomic mass is 9.71. The van der Waals surface area contributed by atoms with Gasteiger partial charge in [-0.3, -0.25) is 9.89 Å². The summed E-state index contributed by atoms with van der Waals surface area (Å²) < 4.78 is 32.0. The highest BCUT2D eigenvalue weighted by Gasteiger charge is 2.60. The molecule has 6 rings (SSSR count). The number of benzene rings is 3. The van der Waals surface area contributed by atoms with Crippen molar-refractivity contribution >= 4 is 62.5 Å². The van der Waals surface area contributed by atoms with Crippen LogP contribution in [0.15, 0.2) is 70.6 Å². The zero-order chi connectivity index (χ0) is 36.7. The molecule has 2 fully saturated rings. The summed E-state index contributed by atoms with van der Waals surface area (Å²) in [6.45, 7) is 8.25. The molecule has 0 saturated carbocycles. The van der Waals surface area contributed by atoms with Crippen LogP contribution in [0.25, 0.3) is 0 Å². The summed E-state index contributed by atoms with van der Waals surface area (Å²) in [5.41, 5.74) is -0.490. The molecule has 272 valence electrons. The molecule has 0 aromatic heterocycles. The Morgan fingerprint density at radius 1 is 0.882 bits per heavy atom. The van der Waals surface area contributed by atoms with E-state index in [4.69, 9.17) is 44.5 Å². The topological polar surface area (TPSA) is 112 Å². The van der Waals surface area contributed by atoms with Crippen molar-refractivity contribution in [2.45, 2.75) is 68.5 Å². The summed E-state index contributed by atoms with van der Waals surface area (Å²) in [7, 11) is -3.79. The molecule has 3 aliphatic rings. The number of sulfone groups is 1. The number of aliphatic imine (C=N–C) groups is 1. The molecule has 0 bridgehead atoms. The Balaban J connectivity index is 1.50. The van der Waals surface area contributed by atoms with Gasteiger partial charge < -0.3 is 19.9 Å². The lowest BCUT2D eigenvalue weighted by Crippen LogP contribution is -2.60. The molecule has 0 radical (unpaired) electrons. The molecule has 2 atom stereocenters. The highest BCUT2D eigenvalue weighted by molar-refractivity contribution is 7.90. The van der Waals surface area contributed by atoms with Crippen molar-refractivity contribution in [1.82, 2.24) is 20.0 Å². The van der Waals surface area contributed by atoms with E-state index in [9.17, 15) is 13.2 Å². The third kappa shape index (κ3) is 7.02. The fourth-order valence-corrected chi connectivity index (χ4v) is 8.95. The SMILES string of the molecule is CCOc1cc(Cl)c(S(C)(=O)=O)cc1C1=N[C@@](C)(c2ccc(Cl)cc2)[C@@](C)(c2ccc(Cl)cc2)N1C(=O)N1CCC(NC(=O)N2CCCC2)CC1. The summed E-state index contributed by atoms with van der Waals surface area (Å²) in [5.74, 6) is 0.512. The highest BCUT2D eigenvalue weighted by atomic mass is 35.5. The number of amides is 4. The number of carbonyl (C=O) groups is 2. The van der Waals surface area contributed by atoms with Crippen molar-refractivity contribution in [2.24, 2.45) is 4.99 Å². The Morgan fingerprint density at radius 3 is 2.00 bits per heavy atom. The van der Waals surface area contributed by atoms with Crippen molar-refractivity contribution in [3.05, 3.63) is 92.4 Å². The summed E-state index contributed by atoms with van der Waals surface area (Å²) >= 11 is 19.3. The van der Waals surface area contributed by atoms with Gasteiger partial charge in [-0.15, -0.1) is 0 Å². The maximum Gasteiger partial charge on any atom is 0.326 e. The van der Waals surface area contributed by atoms with Crippen molar-refractivity contribution in [3.8, 4) is 5.75 Å². The molecule has 51 heavy (non-hydrogen) atoms. The van der Waals surface area contributed by atoms with Crippen LogP contribution < -0.4 is 10.1 Å². The summed E-state index contributed by atoms with van der Waals surface area (Å²) in [4.78, 5) is 38.6. The van der Waals surface area contributed by atoms with Crippen molar-refractivity contribution in [2.75, 3.05) is 39.0 Å². The average Bonchev–Trinajstić information content (AvgIpc) is 3.71. The van der Waals surface area contributed by atoms with Crippen molar-refractivity contribution in [1.29, 1.82) is 0 Å². The first-order valence-electron chi connectivity index (χ1n) is 17.1. The van der Waals surface area contributed by atoms with Crippen LogP contribution in [0.1, 0.15) is 63.1 Å². The number of amidine groups is 1. The van der Waals surface area contributed by atoms with E-state index in [0.717, 1.165) is 43.3 Å². The maximum atomic E-state index is 15.2. The van der Waals surface area contributed by atoms with Gasteiger partial charge >= 0.3 is 12.1 Å². The molecule has 0 aliphatic carbocycles. The Hall–Kier alpha value is -3.51. The van der Waals surface area contributed by atoms with E-state index in [2.05, 4.69) is 5.32 Å². The van der Waals surface area contributed by atoms with E-state index in [0.29, 0.717) is 41.5 Å². The number of halogens is 3. The maximum absolute atomic E-state index is 15.2. The lowest BCUT2D eigenvalue weighted by molar-refractivity contribution is 0.0992. The molecule has 0 spiro atoms. The quantitative estimate of drug-likeness (QED) is 0.264. The van der Waals surface area contributed by atoms with Crippen LogP contribution in [-0.4, -0.2) is 86.1 Å². The zero-order valence-electron chi connectivity index (χ0n) is 29.1. The first-order chi connectivity index (χ1) is 24.2. The van der Waals surface area contributed by atoms with Crippen LogP contribution in [0.2, 0.25) is 15.1 Å². The number of hydrogen-bond donors (Lipinski definition) is 1. The van der Waals surface area contributed by atoms with Gasteiger partial charge in [0.05, 0.1) is 22.1 Å². The van der Waals surface area contributed by atoms with Gasteiger partial charge in [-0.1, -0.05) is 59.1 Å². The smallest absolute Gasteiger partial charge is 0.326 e. The van der Waals surface area contributed by atoms with Crippen LogP contribution in [0.4, 0.5) is 9.59 Å². The second-order valence-corrected chi connectivity index (χ2v) is 16.9. The number of nitrogens with zero attached hydrogens (tertiary/aromatic N) is 4. The number of carbonyl (C=O) groups excluding carboxylic acids is 2. The van der Waals surface area contributed by atoms with Crippen LogP contribution in [0, 0.1) is 0 Å². The molecule has 3 heterocycles. The second-order valence-electron chi connectivity index (χ2n) is 13.6. The van der Waals surface area contributed by atoms with E-state index in [1.165, 1.54) is 12.1 Å². The predicted octanol–water partition coefficient (Wildman–Crippen LogP) is 7.73. The van der Waals surface area contributed by atoms with Gasteiger partial charge in [-0.2, -0.15) is 0 Å². The lowest BCUT2D eigenvalue weighted by Gasteiger charge is -2.47. The zero-order valence-corrected chi connectivity index (χ0v) is 32.2. The molecular weight excluding hydrogens is 733 g/mol. The van der Waals surface area contributed by atoms with Gasteiger partial charge in [0.2, 0.25) is 0 Å². The van der Waals surface area contributed by atoms with E-state index in [1.807, 2.05) is 49.9 Å². The van der Waals surface area contributed by atoms with Crippen molar-refractivity contribution in [3.63, 3.8) is 0 Å². The fraction of sp³-hybridized carbons (Fsp3) is 0.432. The minimum Gasteiger partial charge on any atom is -0.493 e. The summed E-state index contributed by atoms with van der Waals surface area (Å²) in [6.07, 6.45) is 4.24. The van der Waals surface area contributed by atoms with Crippen molar-refractivity contribution < 1.29 is 22.7 Å². The molecule has 3 aliphatic heterocycles. The Kier molecular flexibility index (Phi) is 10.6. The second kappa shape index (κ2) is 14.5. The molecule has 4 amide bonds. The monoisotopic (exact) mass is 773 g/mol. The van der Waals surface area contributed by atoms with Gasteiger partial charge in [-0.05, 0) is 87.9 Å². The molecule has 14 heteroatoms. The average molecular weight is 775 g/mol. The number of rotatable bonds is 7.